The van der Waals surface area contributed by atoms with E-state index in [1.54, 1.807) is 0 Å². The van der Waals surface area contributed by atoms with Crippen molar-refractivity contribution < 1.29 is 22.7 Å². The largest absolute Gasteiger partial charge is 0.476 e. The molecule has 0 amide bonds. The van der Waals surface area contributed by atoms with Crippen LogP contribution >= 0.6 is 9.24 Å². The molecule has 0 radical (unpaired) electrons. The molecule has 1 aromatic heterocycles. The minimum absolute atomic E-state index is 0.0510. The maximum atomic E-state index is 12.7. The lowest BCUT2D eigenvalue weighted by atomic mass is 9.67. The van der Waals surface area contributed by atoms with Gasteiger partial charge in [-0.2, -0.15) is 13.2 Å². The highest BCUT2D eigenvalue weighted by Crippen LogP contribution is 2.49. The molecule has 22 heavy (non-hydrogen) atoms. The molecule has 7 heteroatoms. The van der Waals surface area contributed by atoms with Crippen molar-refractivity contribution in [2.75, 3.05) is 6.61 Å². The summed E-state index contributed by atoms with van der Waals surface area (Å²) >= 11 is 0. The summed E-state index contributed by atoms with van der Waals surface area (Å²) in [4.78, 5) is 14.5. The zero-order chi connectivity index (χ0) is 16.0. The Balaban J connectivity index is 1.82. The molecule has 120 valence electrons. The fourth-order valence-electron chi connectivity index (χ4n) is 3.50. The van der Waals surface area contributed by atoms with Crippen LogP contribution in [-0.2, 0) is 16.4 Å². The van der Waals surface area contributed by atoms with E-state index in [0.717, 1.165) is 43.6 Å². The molecular weight excluding hydrogens is 314 g/mol. The number of fused-ring (bicyclic) bond motifs is 2. The number of pyridine rings is 1. The molecule has 0 aromatic carbocycles. The maximum absolute atomic E-state index is 12.7. The second-order valence-corrected chi connectivity index (χ2v) is 6.94. The Bertz CT molecular complexity index is 583. The van der Waals surface area contributed by atoms with E-state index in [0.29, 0.717) is 12.5 Å². The number of nitrogens with zero attached hydrogens (tertiary/aromatic N) is 1. The molecule has 0 N–H and O–H groups in total. The monoisotopic (exact) mass is 331 g/mol. The average molecular weight is 331 g/mol. The van der Waals surface area contributed by atoms with Crippen LogP contribution < -0.4 is 4.74 Å². The van der Waals surface area contributed by atoms with Gasteiger partial charge in [-0.25, -0.2) is 4.98 Å². The number of halogens is 3. The second kappa shape index (κ2) is 5.48. The molecule has 1 spiro atoms. The molecule has 1 saturated carbocycles. The van der Waals surface area contributed by atoms with E-state index in [1.165, 1.54) is 6.07 Å². The topological polar surface area (TPSA) is 39.2 Å². The van der Waals surface area contributed by atoms with Crippen molar-refractivity contribution in [3.8, 4) is 5.88 Å². The number of alkyl halides is 3. The third-order valence-electron chi connectivity index (χ3n) is 4.90. The van der Waals surface area contributed by atoms with E-state index in [-0.39, 0.29) is 17.0 Å². The summed E-state index contributed by atoms with van der Waals surface area (Å²) in [5.41, 5.74) is -0.422. The van der Waals surface area contributed by atoms with Gasteiger partial charge in [0.1, 0.15) is 12.0 Å². The van der Waals surface area contributed by atoms with E-state index >= 15 is 0 Å². The Morgan fingerprint density at radius 2 is 2.05 bits per heavy atom. The molecule has 2 atom stereocenters. The number of hydrogen-bond acceptors (Lipinski definition) is 3. The predicted molar refractivity (Wildman–Crippen MR) is 77.9 cm³/mol. The van der Waals surface area contributed by atoms with Crippen molar-refractivity contribution in [2.24, 2.45) is 5.92 Å². The fraction of sp³-hybridized carbons (Fsp3) is 0.600. The molecule has 1 fully saturated rings. The van der Waals surface area contributed by atoms with Crippen LogP contribution in [0.25, 0.3) is 0 Å². The molecule has 2 aliphatic rings. The third-order valence-corrected chi connectivity index (χ3v) is 5.60. The molecule has 0 bridgehead atoms. The Morgan fingerprint density at radius 3 is 2.64 bits per heavy atom. The summed E-state index contributed by atoms with van der Waals surface area (Å²) in [5, 5.41) is 0. The average Bonchev–Trinajstić information content (AvgIpc) is 2.85. The summed E-state index contributed by atoms with van der Waals surface area (Å²) in [5.74, 6) is 0.436. The van der Waals surface area contributed by atoms with Crippen LogP contribution in [0, 0.1) is 5.92 Å². The normalized spacial score (nSPS) is 29.0. The van der Waals surface area contributed by atoms with Crippen LogP contribution in [0.1, 0.15) is 36.9 Å². The predicted octanol–water partition coefficient (Wildman–Crippen LogP) is 3.36. The maximum Gasteiger partial charge on any atom is 0.433 e. The van der Waals surface area contributed by atoms with Gasteiger partial charge in [0.15, 0.2) is 0 Å². The summed E-state index contributed by atoms with van der Waals surface area (Å²) in [7, 11) is 2.56. The van der Waals surface area contributed by atoms with E-state index in [9.17, 15) is 18.0 Å². The Hall–Kier alpha value is -1.16. The first-order valence-corrected chi connectivity index (χ1v) is 7.95. The van der Waals surface area contributed by atoms with Gasteiger partial charge in [0.25, 0.3) is 0 Å². The van der Waals surface area contributed by atoms with Crippen LogP contribution in [0.3, 0.4) is 0 Å². The first-order valence-electron chi connectivity index (χ1n) is 7.28. The highest BCUT2D eigenvalue weighted by Gasteiger charge is 2.46. The van der Waals surface area contributed by atoms with Gasteiger partial charge in [0.05, 0.1) is 6.61 Å². The van der Waals surface area contributed by atoms with Gasteiger partial charge in [0.2, 0.25) is 5.88 Å². The van der Waals surface area contributed by atoms with Gasteiger partial charge in [-0.3, -0.25) is 0 Å². The molecule has 2 unspecified atom stereocenters. The molecule has 2 heterocycles. The van der Waals surface area contributed by atoms with Crippen LogP contribution in [0.2, 0.25) is 0 Å². The number of hydrogen-bond donors (Lipinski definition) is 0. The Labute approximate surface area is 128 Å². The standard InChI is InChI=1S/C15H17F3NO2P/c16-15(17,18)12-2-1-10-13(19-12)21-8-14(10)5-3-9(4-6-14)11(22)7-20/h1-2,7,9,11H,3-6,8,22H2. The van der Waals surface area contributed by atoms with Crippen molar-refractivity contribution in [3.63, 3.8) is 0 Å². The number of aldehydes is 1. The number of carbonyl (C=O) groups excluding carboxylic acids is 1. The van der Waals surface area contributed by atoms with Crippen LogP contribution in [0.15, 0.2) is 12.1 Å². The van der Waals surface area contributed by atoms with Crippen molar-refractivity contribution in [3.05, 3.63) is 23.4 Å². The summed E-state index contributed by atoms with van der Waals surface area (Å²) in [6, 6.07) is 2.54. The van der Waals surface area contributed by atoms with Gasteiger partial charge in [0, 0.05) is 16.6 Å². The lowest BCUT2D eigenvalue weighted by molar-refractivity contribution is -0.141. The fourth-order valence-corrected chi connectivity index (χ4v) is 3.88. The minimum atomic E-state index is -4.46. The minimum Gasteiger partial charge on any atom is -0.476 e. The van der Waals surface area contributed by atoms with E-state index in [4.69, 9.17) is 4.74 Å². The molecule has 0 saturated heterocycles. The van der Waals surface area contributed by atoms with Gasteiger partial charge in [-0.05, 0) is 37.7 Å². The van der Waals surface area contributed by atoms with Crippen molar-refractivity contribution in [1.82, 2.24) is 4.98 Å². The second-order valence-electron chi connectivity index (χ2n) is 6.17. The van der Waals surface area contributed by atoms with Crippen LogP contribution in [-0.4, -0.2) is 23.5 Å². The van der Waals surface area contributed by atoms with Crippen molar-refractivity contribution in [2.45, 2.75) is 42.9 Å². The van der Waals surface area contributed by atoms with Crippen molar-refractivity contribution in [1.29, 1.82) is 0 Å². The zero-order valence-electron chi connectivity index (χ0n) is 11.9. The SMILES string of the molecule is O=CC(P)C1CCC2(CC1)COc1nc(C(F)(F)F)ccc12. The highest BCUT2D eigenvalue weighted by molar-refractivity contribution is 7.19. The molecule has 1 aliphatic carbocycles. The van der Waals surface area contributed by atoms with Gasteiger partial charge < -0.3 is 9.53 Å². The van der Waals surface area contributed by atoms with E-state index in [2.05, 4.69) is 14.2 Å². The lowest BCUT2D eigenvalue weighted by Crippen LogP contribution is -2.35. The van der Waals surface area contributed by atoms with Crippen molar-refractivity contribution >= 4 is 15.5 Å². The van der Waals surface area contributed by atoms with Gasteiger partial charge >= 0.3 is 6.18 Å². The molecule has 3 rings (SSSR count). The quantitative estimate of drug-likeness (QED) is 0.616. The number of rotatable bonds is 2. The van der Waals surface area contributed by atoms with Gasteiger partial charge in [-0.15, -0.1) is 9.24 Å². The van der Waals surface area contributed by atoms with Crippen LogP contribution in [0.4, 0.5) is 13.2 Å². The first-order chi connectivity index (χ1) is 10.4. The van der Waals surface area contributed by atoms with E-state index < -0.39 is 11.9 Å². The summed E-state index contributed by atoms with van der Waals surface area (Å²) < 4.78 is 43.6. The Kier molecular flexibility index (Phi) is 3.92. The highest BCUT2D eigenvalue weighted by atomic mass is 31.0. The van der Waals surface area contributed by atoms with Gasteiger partial charge in [-0.1, -0.05) is 6.07 Å². The van der Waals surface area contributed by atoms with Crippen LogP contribution in [0.5, 0.6) is 5.88 Å². The number of aromatic nitrogens is 1. The van der Waals surface area contributed by atoms with E-state index in [1.807, 2.05) is 0 Å². The molecular formula is C15H17F3NO2P. The lowest BCUT2D eigenvalue weighted by Gasteiger charge is -2.37. The first kappa shape index (κ1) is 15.7. The summed E-state index contributed by atoms with van der Waals surface area (Å²) in [6.07, 6.45) is -0.133. The third kappa shape index (κ3) is 2.62. The number of ether oxygens (including phenoxy) is 1. The summed E-state index contributed by atoms with van der Waals surface area (Å²) in [6.45, 7) is 0.381. The smallest absolute Gasteiger partial charge is 0.433 e. The molecule has 1 aromatic rings. The Morgan fingerprint density at radius 1 is 1.36 bits per heavy atom. The molecule has 1 aliphatic heterocycles. The number of carbonyl (C=O) groups is 1. The zero-order valence-corrected chi connectivity index (χ0v) is 13.1. The molecule has 3 nitrogen and oxygen atoms in total.